The number of methoxy groups -OCH3 is 3. The minimum atomic E-state index is -1.31. The van der Waals surface area contributed by atoms with Crippen molar-refractivity contribution >= 4 is 5.97 Å². The first-order chi connectivity index (χ1) is 13.9. The van der Waals surface area contributed by atoms with Crippen LogP contribution in [0.4, 0.5) is 0 Å². The van der Waals surface area contributed by atoms with E-state index in [4.69, 9.17) is 14.2 Å². The molecule has 0 radical (unpaired) electrons. The Balaban J connectivity index is 2.37. The minimum Gasteiger partial charge on any atom is -0.504 e. The maximum Gasteiger partial charge on any atom is 0.312 e. The van der Waals surface area contributed by atoms with Crippen LogP contribution in [-0.4, -0.2) is 54.3 Å². The average molecular weight is 406 g/mol. The van der Waals surface area contributed by atoms with Gasteiger partial charge in [-0.15, -0.1) is 0 Å². The summed E-state index contributed by atoms with van der Waals surface area (Å²) in [5.74, 6) is -2.18. The summed E-state index contributed by atoms with van der Waals surface area (Å²) in [6.07, 6.45) is -1.09. The van der Waals surface area contributed by atoms with Crippen LogP contribution in [0, 0.1) is 11.8 Å². The highest BCUT2D eigenvalue weighted by Crippen LogP contribution is 2.36. The molecule has 3 atom stereocenters. The van der Waals surface area contributed by atoms with Gasteiger partial charge in [-0.05, 0) is 41.8 Å². The lowest BCUT2D eigenvalue weighted by atomic mass is 9.81. The highest BCUT2D eigenvalue weighted by molar-refractivity contribution is 5.74. The Morgan fingerprint density at radius 1 is 0.966 bits per heavy atom. The molecule has 0 amide bonds. The van der Waals surface area contributed by atoms with Gasteiger partial charge >= 0.3 is 5.97 Å². The van der Waals surface area contributed by atoms with Gasteiger partial charge in [0.25, 0.3) is 0 Å². The van der Waals surface area contributed by atoms with Crippen LogP contribution in [0.25, 0.3) is 0 Å². The molecule has 2 aromatic carbocycles. The first-order valence-corrected chi connectivity index (χ1v) is 8.95. The van der Waals surface area contributed by atoms with Gasteiger partial charge < -0.3 is 34.6 Å². The van der Waals surface area contributed by atoms with Crippen molar-refractivity contribution in [3.05, 3.63) is 47.5 Å². The molecule has 0 fully saturated rings. The van der Waals surface area contributed by atoms with E-state index in [0.717, 1.165) is 0 Å². The third-order valence-electron chi connectivity index (χ3n) is 4.84. The molecular weight excluding hydrogens is 380 g/mol. The van der Waals surface area contributed by atoms with Crippen LogP contribution >= 0.6 is 0 Å². The number of carbonyl (C=O) groups is 1. The molecule has 0 spiro atoms. The lowest BCUT2D eigenvalue weighted by Gasteiger charge is -2.28. The number of esters is 1. The zero-order chi connectivity index (χ0) is 21.6. The number of aliphatic hydroxyl groups is 2. The van der Waals surface area contributed by atoms with E-state index < -0.39 is 30.5 Å². The molecule has 2 aromatic rings. The molecule has 4 N–H and O–H groups in total. The van der Waals surface area contributed by atoms with Crippen molar-refractivity contribution in [1.29, 1.82) is 0 Å². The van der Waals surface area contributed by atoms with Crippen molar-refractivity contribution < 1.29 is 39.4 Å². The first kappa shape index (κ1) is 22.3. The molecule has 158 valence electrons. The number of aromatic hydroxyl groups is 2. The second-order valence-corrected chi connectivity index (χ2v) is 6.58. The number of hydrogen-bond donors (Lipinski definition) is 4. The molecule has 8 nitrogen and oxygen atoms in total. The topological polar surface area (TPSA) is 126 Å². The summed E-state index contributed by atoms with van der Waals surface area (Å²) >= 11 is 0. The van der Waals surface area contributed by atoms with Gasteiger partial charge in [0, 0.05) is 12.5 Å². The second kappa shape index (κ2) is 9.99. The maximum absolute atomic E-state index is 12.5. The van der Waals surface area contributed by atoms with E-state index in [-0.39, 0.29) is 29.4 Å². The molecule has 0 aliphatic heterocycles. The smallest absolute Gasteiger partial charge is 0.312 e. The Morgan fingerprint density at radius 3 is 2.10 bits per heavy atom. The van der Waals surface area contributed by atoms with E-state index in [0.29, 0.717) is 11.1 Å². The molecule has 8 heteroatoms. The summed E-state index contributed by atoms with van der Waals surface area (Å²) in [5.41, 5.74) is 1.03. The number of aliphatic hydroxyl groups excluding tert-OH is 2. The summed E-state index contributed by atoms with van der Waals surface area (Å²) < 4.78 is 15.0. The molecule has 2 rings (SSSR count). The molecular formula is C21H26O8. The minimum absolute atomic E-state index is 0.0301. The van der Waals surface area contributed by atoms with E-state index in [9.17, 15) is 25.2 Å². The van der Waals surface area contributed by atoms with Crippen molar-refractivity contribution in [3.63, 3.8) is 0 Å². The van der Waals surface area contributed by atoms with Gasteiger partial charge in [-0.2, -0.15) is 0 Å². The van der Waals surface area contributed by atoms with Crippen molar-refractivity contribution in [1.82, 2.24) is 0 Å². The zero-order valence-electron chi connectivity index (χ0n) is 16.5. The Bertz CT molecular complexity index is 835. The SMILES string of the molecule is COC(=O)[C@@H]([C@H](CO)Cc1ccc(O)c(OC)c1)[C@H](O)c1ccc(O)c(OC)c1. The molecule has 0 aliphatic carbocycles. The Kier molecular flexibility index (Phi) is 7.69. The van der Waals surface area contributed by atoms with Crippen LogP contribution < -0.4 is 9.47 Å². The average Bonchev–Trinajstić information content (AvgIpc) is 2.74. The van der Waals surface area contributed by atoms with Crippen molar-refractivity contribution in [2.45, 2.75) is 12.5 Å². The molecule has 0 saturated carbocycles. The third-order valence-corrected chi connectivity index (χ3v) is 4.84. The number of phenolic OH excluding ortho intramolecular Hbond substituents is 2. The van der Waals surface area contributed by atoms with Crippen molar-refractivity contribution in [3.8, 4) is 23.0 Å². The second-order valence-electron chi connectivity index (χ2n) is 6.58. The lowest BCUT2D eigenvalue weighted by Crippen LogP contribution is -2.34. The Morgan fingerprint density at radius 2 is 1.55 bits per heavy atom. The predicted octanol–water partition coefficient (Wildman–Crippen LogP) is 1.79. The molecule has 0 saturated heterocycles. The molecule has 29 heavy (non-hydrogen) atoms. The molecule has 0 bridgehead atoms. The molecule has 0 heterocycles. The Hall–Kier alpha value is -2.97. The van der Waals surface area contributed by atoms with Crippen molar-refractivity contribution in [2.75, 3.05) is 27.9 Å². The summed E-state index contributed by atoms with van der Waals surface area (Å²) in [6.45, 7) is -0.394. The van der Waals surface area contributed by atoms with E-state index in [2.05, 4.69) is 0 Å². The summed E-state index contributed by atoms with van der Waals surface area (Å²) in [7, 11) is 4.00. The van der Waals surface area contributed by atoms with Crippen LogP contribution in [0.1, 0.15) is 17.2 Å². The van der Waals surface area contributed by atoms with E-state index >= 15 is 0 Å². The number of carbonyl (C=O) groups excluding carboxylic acids is 1. The van der Waals surface area contributed by atoms with Gasteiger partial charge in [0.15, 0.2) is 23.0 Å². The molecule has 0 aliphatic rings. The highest BCUT2D eigenvalue weighted by Gasteiger charge is 2.36. The monoisotopic (exact) mass is 406 g/mol. The van der Waals surface area contributed by atoms with Crippen molar-refractivity contribution in [2.24, 2.45) is 11.8 Å². The van der Waals surface area contributed by atoms with Gasteiger partial charge in [0.1, 0.15) is 0 Å². The van der Waals surface area contributed by atoms with Crippen LogP contribution in [0.3, 0.4) is 0 Å². The highest BCUT2D eigenvalue weighted by atomic mass is 16.5. The number of hydrogen-bond acceptors (Lipinski definition) is 8. The number of rotatable bonds is 9. The number of phenols is 2. The first-order valence-electron chi connectivity index (χ1n) is 8.95. The van der Waals surface area contributed by atoms with Crippen LogP contribution in [0.5, 0.6) is 23.0 Å². The standard InChI is InChI=1S/C21H26O8/c1-27-17-9-12(4-6-15(17)23)8-14(11-22)19(21(26)29-3)20(25)13-5-7-16(24)18(10-13)28-2/h4-7,9-10,14,19-20,22-25H,8,11H2,1-3H3/t14-,19-,20+/m0/s1. The normalized spacial score (nSPS) is 14.0. The fraction of sp³-hybridized carbons (Fsp3) is 0.381. The zero-order valence-corrected chi connectivity index (χ0v) is 16.5. The fourth-order valence-corrected chi connectivity index (χ4v) is 3.26. The number of ether oxygens (including phenoxy) is 3. The van der Waals surface area contributed by atoms with Gasteiger partial charge in [-0.25, -0.2) is 0 Å². The van der Waals surface area contributed by atoms with Crippen LogP contribution in [0.15, 0.2) is 36.4 Å². The van der Waals surface area contributed by atoms with Crippen LogP contribution in [0.2, 0.25) is 0 Å². The largest absolute Gasteiger partial charge is 0.504 e. The van der Waals surface area contributed by atoms with Gasteiger partial charge in [-0.1, -0.05) is 12.1 Å². The summed E-state index contributed by atoms with van der Waals surface area (Å²) in [5, 5.41) is 40.4. The summed E-state index contributed by atoms with van der Waals surface area (Å²) in [6, 6.07) is 8.94. The quantitative estimate of drug-likeness (QED) is 0.465. The summed E-state index contributed by atoms with van der Waals surface area (Å²) in [4.78, 5) is 12.5. The van der Waals surface area contributed by atoms with E-state index in [1.165, 1.54) is 45.6 Å². The van der Waals surface area contributed by atoms with E-state index in [1.54, 1.807) is 12.1 Å². The Labute approximate surface area is 168 Å². The third kappa shape index (κ3) is 5.10. The predicted molar refractivity (Wildman–Crippen MR) is 104 cm³/mol. The fourth-order valence-electron chi connectivity index (χ4n) is 3.26. The molecule has 0 aromatic heterocycles. The number of benzene rings is 2. The van der Waals surface area contributed by atoms with Gasteiger partial charge in [-0.3, -0.25) is 4.79 Å². The van der Waals surface area contributed by atoms with Crippen LogP contribution in [-0.2, 0) is 16.0 Å². The van der Waals surface area contributed by atoms with E-state index in [1.807, 2.05) is 0 Å². The van der Waals surface area contributed by atoms with Gasteiger partial charge in [0.2, 0.25) is 0 Å². The van der Waals surface area contributed by atoms with Gasteiger partial charge in [0.05, 0.1) is 33.4 Å². The molecule has 0 unspecified atom stereocenters. The maximum atomic E-state index is 12.5. The lowest BCUT2D eigenvalue weighted by molar-refractivity contribution is -0.153.